The van der Waals surface area contributed by atoms with Crippen molar-refractivity contribution in [2.24, 2.45) is 11.3 Å². The molecule has 1 aliphatic heterocycles. The highest BCUT2D eigenvalue weighted by Gasteiger charge is 2.43. The third kappa shape index (κ3) is 2.95. The number of hydrogen-bond donors (Lipinski definition) is 0. The van der Waals surface area contributed by atoms with Crippen LogP contribution in [0.25, 0.3) is 0 Å². The van der Waals surface area contributed by atoms with Gasteiger partial charge in [0.2, 0.25) is 5.91 Å². The van der Waals surface area contributed by atoms with Crippen molar-refractivity contribution < 1.29 is 18.0 Å². The number of nitriles is 1. The fourth-order valence-electron chi connectivity index (χ4n) is 2.04. The zero-order valence-electron chi connectivity index (χ0n) is 10.5. The number of likely N-dealkylation sites (tertiary alicyclic amines) is 1. The number of alkyl halides is 3. The van der Waals surface area contributed by atoms with E-state index in [0.29, 0.717) is 6.42 Å². The Kier molecular flexibility index (Phi) is 4.25. The van der Waals surface area contributed by atoms with Crippen LogP contribution in [0.15, 0.2) is 0 Å². The summed E-state index contributed by atoms with van der Waals surface area (Å²) in [5, 5.41) is 8.99. The van der Waals surface area contributed by atoms with E-state index in [1.807, 2.05) is 6.07 Å². The molecule has 0 bridgehead atoms. The van der Waals surface area contributed by atoms with Gasteiger partial charge in [-0.3, -0.25) is 4.79 Å². The van der Waals surface area contributed by atoms with Gasteiger partial charge in [-0.1, -0.05) is 6.92 Å². The third-order valence-corrected chi connectivity index (χ3v) is 3.67. The second kappa shape index (κ2) is 5.17. The molecule has 1 unspecified atom stereocenters. The Morgan fingerprint density at radius 2 is 1.89 bits per heavy atom. The molecule has 1 amide bonds. The van der Waals surface area contributed by atoms with E-state index in [1.54, 1.807) is 6.92 Å². The summed E-state index contributed by atoms with van der Waals surface area (Å²) in [6.07, 6.45) is -3.96. The van der Waals surface area contributed by atoms with Gasteiger partial charge in [-0.25, -0.2) is 0 Å². The average Bonchev–Trinajstić information content (AvgIpc) is 2.36. The van der Waals surface area contributed by atoms with E-state index in [9.17, 15) is 18.0 Å². The van der Waals surface area contributed by atoms with Crippen LogP contribution in [0.1, 0.15) is 33.1 Å². The summed E-state index contributed by atoms with van der Waals surface area (Å²) in [4.78, 5) is 13.4. The first-order valence-corrected chi connectivity index (χ1v) is 6.02. The quantitative estimate of drug-likeness (QED) is 0.768. The Bertz CT molecular complexity index is 353. The maximum Gasteiger partial charge on any atom is 0.391 e. The molecule has 6 heteroatoms. The van der Waals surface area contributed by atoms with Crippen LogP contribution in [-0.2, 0) is 4.79 Å². The minimum atomic E-state index is -4.18. The molecule has 0 saturated carbocycles. The van der Waals surface area contributed by atoms with E-state index < -0.39 is 17.5 Å². The molecule has 102 valence electrons. The van der Waals surface area contributed by atoms with Crippen LogP contribution in [0.5, 0.6) is 0 Å². The lowest BCUT2D eigenvalue weighted by molar-refractivity contribution is -0.187. The normalized spacial score (nSPS) is 21.2. The zero-order chi connectivity index (χ0) is 14.0. The van der Waals surface area contributed by atoms with Gasteiger partial charge in [-0.15, -0.1) is 0 Å². The molecule has 0 aromatic carbocycles. The van der Waals surface area contributed by atoms with Gasteiger partial charge in [0.25, 0.3) is 0 Å². The molecule has 3 nitrogen and oxygen atoms in total. The zero-order valence-corrected chi connectivity index (χ0v) is 10.5. The van der Waals surface area contributed by atoms with Gasteiger partial charge < -0.3 is 4.90 Å². The molecular weight excluding hydrogens is 245 g/mol. The Morgan fingerprint density at radius 1 is 1.39 bits per heavy atom. The first-order valence-electron chi connectivity index (χ1n) is 6.02. The van der Waals surface area contributed by atoms with E-state index in [1.165, 1.54) is 11.8 Å². The predicted octanol–water partition coefficient (Wildman–Crippen LogP) is 2.73. The molecule has 1 atom stereocenters. The smallest absolute Gasteiger partial charge is 0.341 e. The van der Waals surface area contributed by atoms with Crippen molar-refractivity contribution in [3.63, 3.8) is 0 Å². The van der Waals surface area contributed by atoms with Crippen molar-refractivity contribution >= 4 is 5.91 Å². The van der Waals surface area contributed by atoms with Gasteiger partial charge in [0.05, 0.1) is 12.0 Å². The number of hydrogen-bond acceptors (Lipinski definition) is 2. The first kappa shape index (κ1) is 14.8. The molecule has 18 heavy (non-hydrogen) atoms. The number of amides is 1. The molecule has 0 radical (unpaired) electrons. The number of piperidine rings is 1. The second-order valence-electron chi connectivity index (χ2n) is 4.91. The van der Waals surface area contributed by atoms with Crippen molar-refractivity contribution in [3.05, 3.63) is 0 Å². The van der Waals surface area contributed by atoms with Crippen LogP contribution in [0.3, 0.4) is 0 Å². The van der Waals surface area contributed by atoms with Crippen molar-refractivity contribution in [1.82, 2.24) is 4.90 Å². The van der Waals surface area contributed by atoms with Gasteiger partial charge >= 0.3 is 6.18 Å². The Labute approximate surface area is 105 Å². The van der Waals surface area contributed by atoms with Gasteiger partial charge in [0, 0.05) is 13.1 Å². The Balaban J connectivity index is 2.64. The highest BCUT2D eigenvalue weighted by atomic mass is 19.4. The lowest BCUT2D eigenvalue weighted by Gasteiger charge is -2.36. The number of halogens is 3. The van der Waals surface area contributed by atoms with Gasteiger partial charge in [-0.05, 0) is 26.2 Å². The second-order valence-corrected chi connectivity index (χ2v) is 4.91. The topological polar surface area (TPSA) is 44.1 Å². The van der Waals surface area contributed by atoms with Gasteiger partial charge in [-0.2, -0.15) is 18.4 Å². The van der Waals surface area contributed by atoms with Crippen molar-refractivity contribution in [1.29, 1.82) is 5.26 Å². The minimum absolute atomic E-state index is 0.0690. The molecule has 1 aliphatic rings. The van der Waals surface area contributed by atoms with E-state index in [4.69, 9.17) is 5.26 Å². The van der Waals surface area contributed by atoms with Crippen LogP contribution in [-0.4, -0.2) is 30.1 Å². The van der Waals surface area contributed by atoms with Crippen LogP contribution >= 0.6 is 0 Å². The highest BCUT2D eigenvalue weighted by molar-refractivity contribution is 5.85. The summed E-state index contributed by atoms with van der Waals surface area (Å²) in [6.45, 7) is 3.43. The molecule has 0 spiro atoms. The van der Waals surface area contributed by atoms with Crippen molar-refractivity contribution in [2.45, 2.75) is 39.3 Å². The number of carbonyl (C=O) groups is 1. The first-order chi connectivity index (χ1) is 8.24. The van der Waals surface area contributed by atoms with Crippen LogP contribution in [0.4, 0.5) is 13.2 Å². The molecule has 0 aromatic rings. The largest absolute Gasteiger partial charge is 0.391 e. The van der Waals surface area contributed by atoms with E-state index in [2.05, 4.69) is 0 Å². The molecule has 0 N–H and O–H groups in total. The summed E-state index contributed by atoms with van der Waals surface area (Å²) in [5.74, 6) is -1.68. The molecule has 1 saturated heterocycles. The van der Waals surface area contributed by atoms with E-state index >= 15 is 0 Å². The fourth-order valence-corrected chi connectivity index (χ4v) is 2.04. The highest BCUT2D eigenvalue weighted by Crippen LogP contribution is 2.35. The molecule has 0 aliphatic carbocycles. The summed E-state index contributed by atoms with van der Waals surface area (Å²) >= 11 is 0. The predicted molar refractivity (Wildman–Crippen MR) is 59.4 cm³/mol. The summed E-state index contributed by atoms with van der Waals surface area (Å²) in [7, 11) is 0. The molecule has 0 aromatic heterocycles. The van der Waals surface area contributed by atoms with E-state index in [-0.39, 0.29) is 31.8 Å². The third-order valence-electron chi connectivity index (χ3n) is 3.67. The van der Waals surface area contributed by atoms with Crippen LogP contribution in [0.2, 0.25) is 0 Å². The van der Waals surface area contributed by atoms with Crippen molar-refractivity contribution in [3.8, 4) is 6.07 Å². The van der Waals surface area contributed by atoms with E-state index in [0.717, 1.165) is 0 Å². The van der Waals surface area contributed by atoms with Crippen LogP contribution < -0.4 is 0 Å². The number of nitrogens with zero attached hydrogens (tertiary/aromatic N) is 2. The summed E-state index contributed by atoms with van der Waals surface area (Å²) < 4.78 is 37.4. The number of rotatable bonds is 2. The Hall–Kier alpha value is -1.25. The maximum absolute atomic E-state index is 12.5. The number of carbonyl (C=O) groups excluding carboxylic acids is 1. The summed E-state index contributed by atoms with van der Waals surface area (Å²) in [5.41, 5.74) is -1.12. The lowest BCUT2D eigenvalue weighted by atomic mass is 9.86. The average molecular weight is 262 g/mol. The monoisotopic (exact) mass is 262 g/mol. The molecule has 1 heterocycles. The molecule has 1 rings (SSSR count). The Morgan fingerprint density at radius 3 is 2.22 bits per heavy atom. The van der Waals surface area contributed by atoms with Crippen LogP contribution in [0, 0.1) is 22.7 Å². The summed E-state index contributed by atoms with van der Waals surface area (Å²) in [6, 6.07) is 1.95. The standard InChI is InChI=1S/C12H17F3N2O/c1-3-11(2,8-16)10(18)17-6-4-9(5-7-17)12(13,14)15/h9H,3-7H2,1-2H3. The SMILES string of the molecule is CCC(C)(C#N)C(=O)N1CCC(C(F)(F)F)CC1. The maximum atomic E-state index is 12.5. The fraction of sp³-hybridized carbons (Fsp3) is 0.833. The lowest BCUT2D eigenvalue weighted by Crippen LogP contribution is -2.47. The minimum Gasteiger partial charge on any atom is -0.341 e. The van der Waals surface area contributed by atoms with Gasteiger partial charge in [0.15, 0.2) is 0 Å². The van der Waals surface area contributed by atoms with Gasteiger partial charge in [0.1, 0.15) is 5.41 Å². The van der Waals surface area contributed by atoms with Crippen molar-refractivity contribution in [2.75, 3.05) is 13.1 Å². The molecule has 1 fully saturated rings. The molecular formula is C12H17F3N2O.